The van der Waals surface area contributed by atoms with E-state index in [-0.39, 0.29) is 16.8 Å². The molecule has 1 aliphatic carbocycles. The number of rotatable bonds is 2. The molecule has 0 atom stereocenters. The second-order valence-corrected chi connectivity index (χ2v) is 7.17. The van der Waals surface area contributed by atoms with Crippen LogP contribution < -0.4 is 10.5 Å². The SMILES string of the molecule is CC1(C)CN(c2nccn(C3CC3)c2=O)CC(C)(C)O1. The van der Waals surface area contributed by atoms with Crippen molar-refractivity contribution in [2.45, 2.75) is 57.8 Å². The van der Waals surface area contributed by atoms with Gasteiger partial charge in [0.25, 0.3) is 5.56 Å². The Labute approximate surface area is 119 Å². The molecule has 0 bridgehead atoms. The van der Waals surface area contributed by atoms with Gasteiger partial charge in [0.1, 0.15) is 0 Å². The Balaban J connectivity index is 1.96. The van der Waals surface area contributed by atoms with Gasteiger partial charge in [-0.05, 0) is 40.5 Å². The third-order valence-electron chi connectivity index (χ3n) is 3.79. The van der Waals surface area contributed by atoms with Crippen LogP contribution in [0, 0.1) is 0 Å². The van der Waals surface area contributed by atoms with Gasteiger partial charge in [-0.1, -0.05) is 0 Å². The maximum atomic E-state index is 12.6. The van der Waals surface area contributed by atoms with Crippen LogP contribution in [-0.2, 0) is 4.74 Å². The van der Waals surface area contributed by atoms with E-state index < -0.39 is 0 Å². The van der Waals surface area contributed by atoms with Gasteiger partial charge >= 0.3 is 0 Å². The molecule has 0 aromatic carbocycles. The van der Waals surface area contributed by atoms with Crippen LogP contribution in [0.5, 0.6) is 0 Å². The molecule has 2 fully saturated rings. The molecule has 20 heavy (non-hydrogen) atoms. The van der Waals surface area contributed by atoms with Crippen molar-refractivity contribution in [2.75, 3.05) is 18.0 Å². The van der Waals surface area contributed by atoms with Gasteiger partial charge in [-0.3, -0.25) is 4.79 Å². The molecule has 1 saturated heterocycles. The van der Waals surface area contributed by atoms with Crippen molar-refractivity contribution in [3.05, 3.63) is 22.7 Å². The molecule has 1 aromatic rings. The summed E-state index contributed by atoms with van der Waals surface area (Å²) in [7, 11) is 0. The van der Waals surface area contributed by atoms with Crippen molar-refractivity contribution in [1.29, 1.82) is 0 Å². The van der Waals surface area contributed by atoms with E-state index >= 15 is 0 Å². The first-order chi connectivity index (χ1) is 9.27. The summed E-state index contributed by atoms with van der Waals surface area (Å²) in [5.74, 6) is 0.559. The Morgan fingerprint density at radius 1 is 1.20 bits per heavy atom. The van der Waals surface area contributed by atoms with E-state index in [0.717, 1.165) is 12.8 Å². The molecule has 1 saturated carbocycles. The zero-order valence-corrected chi connectivity index (χ0v) is 12.7. The Hall–Kier alpha value is -1.36. The van der Waals surface area contributed by atoms with Gasteiger partial charge in [-0.15, -0.1) is 0 Å². The highest BCUT2D eigenvalue weighted by molar-refractivity contribution is 5.38. The lowest BCUT2D eigenvalue weighted by Crippen LogP contribution is -2.58. The van der Waals surface area contributed by atoms with Crippen molar-refractivity contribution < 1.29 is 4.74 Å². The Kier molecular flexibility index (Phi) is 2.94. The van der Waals surface area contributed by atoms with Crippen LogP contribution in [0.1, 0.15) is 46.6 Å². The molecule has 0 radical (unpaired) electrons. The molecule has 0 spiro atoms. The minimum atomic E-state index is -0.282. The van der Waals surface area contributed by atoms with Gasteiger partial charge in [-0.25, -0.2) is 4.98 Å². The second kappa shape index (κ2) is 4.32. The van der Waals surface area contributed by atoms with E-state index in [1.54, 1.807) is 12.4 Å². The van der Waals surface area contributed by atoms with Gasteiger partial charge in [0.05, 0.1) is 11.2 Å². The summed E-state index contributed by atoms with van der Waals surface area (Å²) in [4.78, 5) is 19.0. The highest BCUT2D eigenvalue weighted by Crippen LogP contribution is 2.34. The highest BCUT2D eigenvalue weighted by atomic mass is 16.5. The first-order valence-corrected chi connectivity index (χ1v) is 7.30. The van der Waals surface area contributed by atoms with Crippen LogP contribution in [0.15, 0.2) is 17.2 Å². The molecular weight excluding hydrogens is 254 g/mol. The van der Waals surface area contributed by atoms with Gasteiger partial charge in [-0.2, -0.15) is 0 Å². The summed E-state index contributed by atoms with van der Waals surface area (Å²) in [5.41, 5.74) is -0.532. The standard InChI is InChI=1S/C15H23N3O2/c1-14(2)9-17(10-15(3,4)20-14)12-13(19)18(8-7-16-12)11-5-6-11/h7-8,11H,5-6,9-10H2,1-4H3. The fraction of sp³-hybridized carbons (Fsp3) is 0.733. The highest BCUT2D eigenvalue weighted by Gasteiger charge is 2.39. The average molecular weight is 277 g/mol. The summed E-state index contributed by atoms with van der Waals surface area (Å²) < 4.78 is 7.90. The Bertz CT molecular complexity index is 557. The van der Waals surface area contributed by atoms with E-state index in [4.69, 9.17) is 4.74 Å². The number of nitrogens with zero attached hydrogens (tertiary/aromatic N) is 3. The second-order valence-electron chi connectivity index (χ2n) is 7.17. The van der Waals surface area contributed by atoms with E-state index in [1.165, 1.54) is 0 Å². The summed E-state index contributed by atoms with van der Waals surface area (Å²) in [6, 6.07) is 0.381. The van der Waals surface area contributed by atoms with Crippen molar-refractivity contribution in [1.82, 2.24) is 9.55 Å². The summed E-state index contributed by atoms with van der Waals surface area (Å²) >= 11 is 0. The number of ether oxygens (including phenoxy) is 1. The zero-order chi connectivity index (χ0) is 14.5. The minimum Gasteiger partial charge on any atom is -0.366 e. The third kappa shape index (κ3) is 2.59. The normalized spacial score (nSPS) is 24.7. The minimum absolute atomic E-state index is 0.0310. The Morgan fingerprint density at radius 2 is 1.80 bits per heavy atom. The lowest BCUT2D eigenvalue weighted by molar-refractivity contribution is -0.133. The molecule has 110 valence electrons. The topological polar surface area (TPSA) is 47.4 Å². The first kappa shape index (κ1) is 13.6. The summed E-state index contributed by atoms with van der Waals surface area (Å²) in [6.07, 6.45) is 5.75. The number of anilines is 1. The molecule has 1 aliphatic heterocycles. The quantitative estimate of drug-likeness (QED) is 0.829. The summed E-state index contributed by atoms with van der Waals surface area (Å²) in [5, 5.41) is 0. The third-order valence-corrected chi connectivity index (χ3v) is 3.79. The van der Waals surface area contributed by atoms with Crippen molar-refractivity contribution in [3.63, 3.8) is 0 Å². The number of hydrogen-bond donors (Lipinski definition) is 0. The number of morpholine rings is 1. The fourth-order valence-corrected chi connectivity index (χ4v) is 3.21. The van der Waals surface area contributed by atoms with Crippen molar-refractivity contribution in [3.8, 4) is 0 Å². The van der Waals surface area contributed by atoms with Gasteiger partial charge in [0.15, 0.2) is 5.82 Å². The maximum absolute atomic E-state index is 12.6. The molecule has 2 aliphatic rings. The predicted molar refractivity (Wildman–Crippen MR) is 78.2 cm³/mol. The van der Waals surface area contributed by atoms with E-state index in [2.05, 4.69) is 37.6 Å². The van der Waals surface area contributed by atoms with Crippen molar-refractivity contribution >= 4 is 5.82 Å². The van der Waals surface area contributed by atoms with Crippen LogP contribution in [0.3, 0.4) is 0 Å². The van der Waals surface area contributed by atoms with Crippen LogP contribution >= 0.6 is 0 Å². The summed E-state index contributed by atoms with van der Waals surface area (Å²) in [6.45, 7) is 9.61. The molecule has 5 heteroatoms. The van der Waals surface area contributed by atoms with Crippen molar-refractivity contribution in [2.24, 2.45) is 0 Å². The Morgan fingerprint density at radius 3 is 2.35 bits per heavy atom. The fourth-order valence-electron chi connectivity index (χ4n) is 3.21. The van der Waals surface area contributed by atoms with Crippen LogP contribution in [-0.4, -0.2) is 33.8 Å². The molecule has 5 nitrogen and oxygen atoms in total. The molecule has 0 N–H and O–H groups in total. The smallest absolute Gasteiger partial charge is 0.293 e. The lowest BCUT2D eigenvalue weighted by Gasteiger charge is -2.47. The van der Waals surface area contributed by atoms with Gasteiger partial charge in [0.2, 0.25) is 0 Å². The molecular formula is C15H23N3O2. The van der Waals surface area contributed by atoms with E-state index in [1.807, 2.05) is 4.57 Å². The maximum Gasteiger partial charge on any atom is 0.293 e. The van der Waals surface area contributed by atoms with Crippen LogP contribution in [0.25, 0.3) is 0 Å². The van der Waals surface area contributed by atoms with Gasteiger partial charge in [0, 0.05) is 31.5 Å². The largest absolute Gasteiger partial charge is 0.366 e. The predicted octanol–water partition coefficient (Wildman–Crippen LogP) is 1.97. The molecule has 3 rings (SSSR count). The van der Waals surface area contributed by atoms with Gasteiger partial charge < -0.3 is 14.2 Å². The van der Waals surface area contributed by atoms with E-state index in [9.17, 15) is 4.79 Å². The lowest BCUT2D eigenvalue weighted by atomic mass is 9.99. The average Bonchev–Trinajstić information content (AvgIpc) is 3.08. The monoisotopic (exact) mass is 277 g/mol. The van der Waals surface area contributed by atoms with Crippen LogP contribution in [0.4, 0.5) is 5.82 Å². The zero-order valence-electron chi connectivity index (χ0n) is 12.7. The molecule has 1 aromatic heterocycles. The van der Waals surface area contributed by atoms with E-state index in [0.29, 0.717) is 24.9 Å². The first-order valence-electron chi connectivity index (χ1n) is 7.30. The molecule has 0 amide bonds. The molecule has 0 unspecified atom stereocenters. The van der Waals surface area contributed by atoms with Crippen LogP contribution in [0.2, 0.25) is 0 Å². The number of hydrogen-bond acceptors (Lipinski definition) is 4. The molecule has 2 heterocycles. The number of aromatic nitrogens is 2.